The van der Waals surface area contributed by atoms with E-state index in [2.05, 4.69) is 15.0 Å². The minimum atomic E-state index is -0.744. The van der Waals surface area contributed by atoms with E-state index in [1.807, 2.05) is 0 Å². The summed E-state index contributed by atoms with van der Waals surface area (Å²) >= 11 is 0. The van der Waals surface area contributed by atoms with Crippen LogP contribution in [0.15, 0.2) is 32.0 Å². The van der Waals surface area contributed by atoms with Gasteiger partial charge >= 0.3 is 11.9 Å². The van der Waals surface area contributed by atoms with Crippen LogP contribution in [0.1, 0.15) is 23.2 Å². The molecule has 2 heterocycles. The molecule has 23 heavy (non-hydrogen) atoms. The maximum absolute atomic E-state index is 11.4. The third kappa shape index (κ3) is 3.81. The van der Waals surface area contributed by atoms with E-state index < -0.39 is 22.7 Å². The highest BCUT2D eigenvalue weighted by Crippen LogP contribution is 2.30. The molecule has 1 amide bonds. The van der Waals surface area contributed by atoms with Crippen LogP contribution in [0.5, 0.6) is 0 Å². The summed E-state index contributed by atoms with van der Waals surface area (Å²) in [6, 6.07) is 3.78. The Hall–Kier alpha value is -3.43. The van der Waals surface area contributed by atoms with Gasteiger partial charge in [0.2, 0.25) is 17.6 Å². The summed E-state index contributed by atoms with van der Waals surface area (Å²) in [6.07, 6.45) is 1.18. The largest absolute Gasteiger partial charge is 0.463 e. The number of hydrogen-bond donors (Lipinski definition) is 1. The second-order valence-electron chi connectivity index (χ2n) is 4.19. The molecule has 10 heteroatoms. The number of aliphatic imine (C=N–C) groups is 1. The van der Waals surface area contributed by atoms with Crippen LogP contribution in [0.4, 0.5) is 17.5 Å². The van der Waals surface area contributed by atoms with Gasteiger partial charge < -0.3 is 13.6 Å². The number of rotatable bonds is 5. The van der Waals surface area contributed by atoms with Crippen LogP contribution < -0.4 is 5.32 Å². The Morgan fingerprint density at radius 3 is 2.70 bits per heavy atom. The normalized spacial score (nSPS) is 10.7. The smallest absolute Gasteiger partial charge is 0.433 e. The number of hydrogen-bond acceptors (Lipinski definition) is 8. The number of nitrogens with zero attached hydrogens (tertiary/aromatic N) is 2. The molecule has 0 aromatic carbocycles. The lowest BCUT2D eigenvalue weighted by Gasteiger charge is -1.97. The van der Waals surface area contributed by atoms with Gasteiger partial charge in [-0.2, -0.15) is 0 Å². The van der Waals surface area contributed by atoms with Crippen LogP contribution in [-0.2, 0) is 9.53 Å². The standard InChI is InChI=1S/C13H11N3O7/c1-7(17)15-12-9(5-10(23-12)13(18)21-2)14-6-8-3-4-11(22-8)16(19)20/h3-6H,1-2H3,(H,15,17). The van der Waals surface area contributed by atoms with E-state index in [0.717, 1.165) is 0 Å². The lowest BCUT2D eigenvalue weighted by molar-refractivity contribution is -0.402. The molecule has 2 aromatic heterocycles. The zero-order chi connectivity index (χ0) is 17.0. The zero-order valence-electron chi connectivity index (χ0n) is 12.1. The Labute approximate surface area is 128 Å². The maximum atomic E-state index is 11.4. The maximum Gasteiger partial charge on any atom is 0.433 e. The highest BCUT2D eigenvalue weighted by molar-refractivity contribution is 5.94. The highest BCUT2D eigenvalue weighted by atomic mass is 16.6. The zero-order valence-corrected chi connectivity index (χ0v) is 12.1. The Morgan fingerprint density at radius 1 is 1.39 bits per heavy atom. The molecule has 0 bridgehead atoms. The summed E-state index contributed by atoms with van der Waals surface area (Å²) in [6.45, 7) is 1.25. The van der Waals surface area contributed by atoms with Crippen molar-refractivity contribution in [1.29, 1.82) is 0 Å². The first kappa shape index (κ1) is 15.9. The van der Waals surface area contributed by atoms with Crippen molar-refractivity contribution in [2.45, 2.75) is 6.92 Å². The van der Waals surface area contributed by atoms with Gasteiger partial charge in [-0.3, -0.25) is 20.2 Å². The molecule has 2 aromatic rings. The third-order valence-corrected chi connectivity index (χ3v) is 2.51. The van der Waals surface area contributed by atoms with Gasteiger partial charge in [-0.05, 0) is 6.07 Å². The van der Waals surface area contributed by atoms with Gasteiger partial charge in [0, 0.05) is 13.0 Å². The minimum Gasteiger partial charge on any atom is -0.463 e. The quantitative estimate of drug-likeness (QED) is 0.386. The molecular weight excluding hydrogens is 310 g/mol. The molecule has 0 saturated heterocycles. The number of nitro groups is 1. The van der Waals surface area contributed by atoms with Crippen LogP contribution in [0.2, 0.25) is 0 Å². The lowest BCUT2D eigenvalue weighted by Crippen LogP contribution is -2.05. The van der Waals surface area contributed by atoms with Crippen LogP contribution >= 0.6 is 0 Å². The average Bonchev–Trinajstić information content (AvgIpc) is 3.10. The van der Waals surface area contributed by atoms with Gasteiger partial charge in [0.25, 0.3) is 0 Å². The fourth-order valence-corrected chi connectivity index (χ4v) is 1.57. The highest BCUT2D eigenvalue weighted by Gasteiger charge is 2.18. The Kier molecular flexibility index (Phi) is 4.55. The van der Waals surface area contributed by atoms with E-state index in [-0.39, 0.29) is 23.1 Å². The molecule has 0 saturated carbocycles. The first-order valence-electron chi connectivity index (χ1n) is 6.18. The van der Waals surface area contributed by atoms with Gasteiger partial charge in [-0.1, -0.05) is 0 Å². The second-order valence-corrected chi connectivity index (χ2v) is 4.19. The third-order valence-electron chi connectivity index (χ3n) is 2.51. The first-order chi connectivity index (χ1) is 10.9. The van der Waals surface area contributed by atoms with Crippen LogP contribution in [-0.4, -0.2) is 30.1 Å². The number of furan rings is 2. The predicted octanol–water partition coefficient (Wildman–Crippen LogP) is 2.28. The van der Waals surface area contributed by atoms with E-state index in [0.29, 0.717) is 0 Å². The van der Waals surface area contributed by atoms with Crippen molar-refractivity contribution in [3.05, 3.63) is 39.8 Å². The molecule has 2 rings (SSSR count). The van der Waals surface area contributed by atoms with Gasteiger partial charge in [0.1, 0.15) is 10.6 Å². The number of carbonyl (C=O) groups excluding carboxylic acids is 2. The lowest BCUT2D eigenvalue weighted by atomic mass is 10.4. The number of nitrogens with one attached hydrogen (secondary N) is 1. The predicted molar refractivity (Wildman–Crippen MR) is 77.0 cm³/mol. The number of esters is 1. The molecule has 0 radical (unpaired) electrons. The number of amides is 1. The molecule has 0 aliphatic rings. The number of ether oxygens (including phenoxy) is 1. The summed E-state index contributed by atoms with van der Waals surface area (Å²) in [7, 11) is 1.17. The SMILES string of the molecule is COC(=O)c1cc(N=Cc2ccc([N+](=O)[O-])o2)c(NC(C)=O)o1. The molecular formula is C13H11N3O7. The molecule has 1 N–H and O–H groups in total. The van der Waals surface area contributed by atoms with Crippen molar-refractivity contribution in [2.24, 2.45) is 4.99 Å². The molecule has 0 aliphatic carbocycles. The van der Waals surface area contributed by atoms with Crippen molar-refractivity contribution in [3.63, 3.8) is 0 Å². The van der Waals surface area contributed by atoms with Crippen molar-refractivity contribution >= 4 is 35.5 Å². The summed E-state index contributed by atoms with van der Waals surface area (Å²) in [4.78, 5) is 36.4. The molecule has 0 unspecified atom stereocenters. The second kappa shape index (κ2) is 6.56. The topological polar surface area (TPSA) is 137 Å². The van der Waals surface area contributed by atoms with Crippen LogP contribution in [0, 0.1) is 10.1 Å². The average molecular weight is 321 g/mol. The van der Waals surface area contributed by atoms with Crippen molar-refractivity contribution in [1.82, 2.24) is 0 Å². The van der Waals surface area contributed by atoms with E-state index in [9.17, 15) is 19.7 Å². The Morgan fingerprint density at radius 2 is 2.13 bits per heavy atom. The summed E-state index contributed by atoms with van der Waals surface area (Å²) in [5.41, 5.74) is 0.125. The van der Waals surface area contributed by atoms with Crippen LogP contribution in [0.3, 0.4) is 0 Å². The van der Waals surface area contributed by atoms with Crippen molar-refractivity contribution in [3.8, 4) is 0 Å². The monoisotopic (exact) mass is 321 g/mol. The van der Waals surface area contributed by atoms with Crippen molar-refractivity contribution in [2.75, 3.05) is 12.4 Å². The van der Waals surface area contributed by atoms with Gasteiger partial charge in [0.05, 0.1) is 19.4 Å². The van der Waals surface area contributed by atoms with Gasteiger partial charge in [-0.25, -0.2) is 9.79 Å². The number of carbonyl (C=O) groups is 2. The van der Waals surface area contributed by atoms with E-state index in [4.69, 9.17) is 8.83 Å². The molecule has 0 aliphatic heterocycles. The molecule has 120 valence electrons. The van der Waals surface area contributed by atoms with E-state index in [1.54, 1.807) is 0 Å². The van der Waals surface area contributed by atoms with E-state index >= 15 is 0 Å². The van der Waals surface area contributed by atoms with E-state index in [1.165, 1.54) is 38.4 Å². The molecule has 0 fully saturated rings. The fourth-order valence-electron chi connectivity index (χ4n) is 1.57. The first-order valence-corrected chi connectivity index (χ1v) is 6.18. The Bertz CT molecular complexity index is 787. The summed E-state index contributed by atoms with van der Waals surface area (Å²) in [5, 5.41) is 12.9. The van der Waals surface area contributed by atoms with Crippen LogP contribution in [0.25, 0.3) is 0 Å². The number of methoxy groups -OCH3 is 1. The minimum absolute atomic E-state index is 0.0600. The fraction of sp³-hybridized carbons (Fsp3) is 0.154. The molecule has 0 spiro atoms. The summed E-state index contributed by atoms with van der Waals surface area (Å²) < 4.78 is 14.6. The van der Waals surface area contributed by atoms with Crippen molar-refractivity contribution < 1.29 is 28.1 Å². The van der Waals surface area contributed by atoms with Gasteiger partial charge in [-0.15, -0.1) is 0 Å². The number of anilines is 1. The van der Waals surface area contributed by atoms with Gasteiger partial charge in [0.15, 0.2) is 5.76 Å². The molecule has 0 atom stereocenters. The summed E-state index contributed by atoms with van der Waals surface area (Å²) in [5.74, 6) is -1.71. The Balaban J connectivity index is 2.30. The molecule has 10 nitrogen and oxygen atoms in total.